The van der Waals surface area contributed by atoms with Gasteiger partial charge in [-0.05, 0) is 24.5 Å². The Bertz CT molecular complexity index is 816. The summed E-state index contributed by atoms with van der Waals surface area (Å²) in [5.41, 5.74) is 2.49. The van der Waals surface area contributed by atoms with E-state index in [9.17, 15) is 18.7 Å². The molecule has 0 radical (unpaired) electrons. The second-order valence-corrected chi connectivity index (χ2v) is 7.14. The number of benzene rings is 1. The summed E-state index contributed by atoms with van der Waals surface area (Å²) in [7, 11) is 0. The molecular formula is C21H21F2NO3. The van der Waals surface area contributed by atoms with Gasteiger partial charge in [-0.2, -0.15) is 0 Å². The van der Waals surface area contributed by atoms with Crippen LogP contribution < -0.4 is 5.32 Å². The summed E-state index contributed by atoms with van der Waals surface area (Å²) in [6.07, 6.45) is 2.16. The van der Waals surface area contributed by atoms with Crippen molar-refractivity contribution in [3.05, 3.63) is 71.0 Å². The van der Waals surface area contributed by atoms with Gasteiger partial charge in [0.25, 0.3) is 6.43 Å². The maximum atomic E-state index is 13.3. The van der Waals surface area contributed by atoms with E-state index in [1.807, 2.05) is 30.3 Å². The van der Waals surface area contributed by atoms with E-state index in [2.05, 4.69) is 5.32 Å². The monoisotopic (exact) mass is 373 g/mol. The Morgan fingerprint density at radius 1 is 1.22 bits per heavy atom. The van der Waals surface area contributed by atoms with Crippen LogP contribution in [-0.4, -0.2) is 29.7 Å². The molecule has 6 heteroatoms. The Balaban J connectivity index is 1.77. The molecule has 3 aliphatic rings. The predicted molar refractivity (Wildman–Crippen MR) is 96.2 cm³/mol. The summed E-state index contributed by atoms with van der Waals surface area (Å²) >= 11 is 0. The zero-order valence-corrected chi connectivity index (χ0v) is 14.6. The first-order valence-corrected chi connectivity index (χ1v) is 9.13. The molecule has 1 aliphatic carbocycles. The second-order valence-electron chi connectivity index (χ2n) is 7.14. The molecule has 0 spiro atoms. The molecule has 142 valence electrons. The van der Waals surface area contributed by atoms with Crippen LogP contribution in [-0.2, 0) is 9.53 Å². The minimum absolute atomic E-state index is 0.0185. The highest BCUT2D eigenvalue weighted by atomic mass is 19.3. The number of alkyl halides is 2. The average Bonchev–Trinajstić information content (AvgIpc) is 2.90. The van der Waals surface area contributed by atoms with Crippen molar-refractivity contribution in [2.24, 2.45) is 5.92 Å². The maximum Gasteiger partial charge on any atom is 0.332 e. The standard InChI is InChI=1S/C21H21F2NO3/c22-20(23)13-7-4-8-16-15(11-13)19-14(9-10-17(27-19)21(25)26)18(24-16)12-5-2-1-3-6-12/h1-7,11,14,17-20,24H,8-10H2,(H,25,26)/t14?,17?,18-,19?/m0/s1. The zero-order valence-electron chi connectivity index (χ0n) is 14.6. The Morgan fingerprint density at radius 2 is 2.00 bits per heavy atom. The lowest BCUT2D eigenvalue weighted by atomic mass is 9.76. The highest BCUT2D eigenvalue weighted by Crippen LogP contribution is 2.44. The topological polar surface area (TPSA) is 58.6 Å². The van der Waals surface area contributed by atoms with Gasteiger partial charge in [-0.25, -0.2) is 13.6 Å². The van der Waals surface area contributed by atoms with Crippen LogP contribution in [0.3, 0.4) is 0 Å². The number of carbonyl (C=O) groups is 1. The van der Waals surface area contributed by atoms with Crippen LogP contribution in [0.4, 0.5) is 8.78 Å². The molecule has 3 unspecified atom stereocenters. The second kappa shape index (κ2) is 7.27. The molecule has 2 heterocycles. The average molecular weight is 373 g/mol. The van der Waals surface area contributed by atoms with E-state index in [4.69, 9.17) is 4.74 Å². The molecule has 4 rings (SSSR count). The van der Waals surface area contributed by atoms with Gasteiger partial charge < -0.3 is 15.2 Å². The first kappa shape index (κ1) is 17.9. The SMILES string of the molecule is O=C(O)C1CCC2C(O1)C1=C(CC=CC(C(F)F)=C1)N[C@H]2c1ccccc1. The quantitative estimate of drug-likeness (QED) is 0.841. The molecule has 2 aliphatic heterocycles. The van der Waals surface area contributed by atoms with Gasteiger partial charge in [0.2, 0.25) is 0 Å². The molecule has 0 bridgehead atoms. The third-order valence-electron chi connectivity index (χ3n) is 5.52. The third kappa shape index (κ3) is 3.41. The normalized spacial score (nSPS) is 30.1. The van der Waals surface area contributed by atoms with Gasteiger partial charge >= 0.3 is 5.97 Å². The summed E-state index contributed by atoms with van der Waals surface area (Å²) in [6, 6.07) is 9.87. The van der Waals surface area contributed by atoms with Crippen molar-refractivity contribution in [2.45, 2.75) is 43.9 Å². The van der Waals surface area contributed by atoms with Crippen LogP contribution >= 0.6 is 0 Å². The van der Waals surface area contributed by atoms with E-state index in [0.29, 0.717) is 24.8 Å². The van der Waals surface area contributed by atoms with E-state index < -0.39 is 24.6 Å². The van der Waals surface area contributed by atoms with Gasteiger partial charge in [-0.3, -0.25) is 0 Å². The van der Waals surface area contributed by atoms with Gasteiger partial charge in [0.1, 0.15) is 0 Å². The van der Waals surface area contributed by atoms with Gasteiger partial charge in [-0.15, -0.1) is 0 Å². The molecule has 4 atom stereocenters. The Kier molecular flexibility index (Phi) is 4.83. The highest BCUT2D eigenvalue weighted by molar-refractivity contribution is 5.72. The number of ether oxygens (including phenoxy) is 1. The largest absolute Gasteiger partial charge is 0.479 e. The molecule has 4 nitrogen and oxygen atoms in total. The van der Waals surface area contributed by atoms with E-state index in [1.54, 1.807) is 6.08 Å². The number of halogens is 2. The lowest BCUT2D eigenvalue weighted by Gasteiger charge is -2.45. The van der Waals surface area contributed by atoms with E-state index >= 15 is 0 Å². The minimum Gasteiger partial charge on any atom is -0.479 e. The lowest BCUT2D eigenvalue weighted by Crippen LogP contribution is -2.49. The fourth-order valence-electron chi connectivity index (χ4n) is 4.23. The van der Waals surface area contributed by atoms with Gasteiger partial charge in [-0.1, -0.05) is 42.5 Å². The number of aliphatic carboxylic acids is 1. The highest BCUT2D eigenvalue weighted by Gasteiger charge is 2.44. The predicted octanol–water partition coefficient (Wildman–Crippen LogP) is 3.98. The summed E-state index contributed by atoms with van der Waals surface area (Å²) in [5.74, 6) is -1.02. The molecule has 1 fully saturated rings. The Hall–Kier alpha value is -2.47. The van der Waals surface area contributed by atoms with Crippen LogP contribution in [0.2, 0.25) is 0 Å². The third-order valence-corrected chi connectivity index (χ3v) is 5.52. The molecule has 0 saturated carbocycles. The molecule has 0 aromatic heterocycles. The smallest absolute Gasteiger partial charge is 0.332 e. The Labute approximate surface area is 156 Å². The first-order chi connectivity index (χ1) is 13.0. The Morgan fingerprint density at radius 3 is 2.70 bits per heavy atom. The van der Waals surface area contributed by atoms with Crippen LogP contribution in [0.1, 0.15) is 30.9 Å². The first-order valence-electron chi connectivity index (χ1n) is 9.13. The molecule has 0 amide bonds. The summed E-state index contributed by atoms with van der Waals surface area (Å²) < 4.78 is 32.6. The molecule has 27 heavy (non-hydrogen) atoms. The number of rotatable bonds is 3. The lowest BCUT2D eigenvalue weighted by molar-refractivity contribution is -0.162. The summed E-state index contributed by atoms with van der Waals surface area (Å²) in [5, 5.41) is 12.9. The molecule has 1 saturated heterocycles. The molecule has 2 N–H and O–H groups in total. The molecule has 1 aromatic rings. The number of carboxylic acid groups (broad SMARTS) is 1. The van der Waals surface area contributed by atoms with Crippen molar-refractivity contribution in [2.75, 3.05) is 0 Å². The van der Waals surface area contributed by atoms with Crippen molar-refractivity contribution in [3.63, 3.8) is 0 Å². The van der Waals surface area contributed by atoms with Crippen LogP contribution in [0.15, 0.2) is 65.4 Å². The fourth-order valence-corrected chi connectivity index (χ4v) is 4.23. The van der Waals surface area contributed by atoms with Crippen molar-refractivity contribution < 1.29 is 23.4 Å². The van der Waals surface area contributed by atoms with Crippen LogP contribution in [0, 0.1) is 5.92 Å². The number of hydrogen-bond donors (Lipinski definition) is 2. The zero-order chi connectivity index (χ0) is 19.0. The van der Waals surface area contributed by atoms with Crippen molar-refractivity contribution in [1.82, 2.24) is 5.32 Å². The number of hydrogen-bond acceptors (Lipinski definition) is 3. The fraction of sp³-hybridized carbons (Fsp3) is 0.381. The summed E-state index contributed by atoms with van der Waals surface area (Å²) in [6.45, 7) is 0. The van der Waals surface area contributed by atoms with E-state index in [0.717, 1.165) is 11.3 Å². The van der Waals surface area contributed by atoms with Crippen molar-refractivity contribution in [1.29, 1.82) is 0 Å². The number of fused-ring (bicyclic) bond motifs is 2. The van der Waals surface area contributed by atoms with E-state index in [-0.39, 0.29) is 17.5 Å². The number of allylic oxidation sites excluding steroid dienone is 3. The summed E-state index contributed by atoms with van der Waals surface area (Å²) in [4.78, 5) is 11.5. The number of nitrogens with one attached hydrogen (secondary N) is 1. The minimum atomic E-state index is -2.59. The van der Waals surface area contributed by atoms with Gasteiger partial charge in [0.15, 0.2) is 6.10 Å². The van der Waals surface area contributed by atoms with Crippen LogP contribution in [0.5, 0.6) is 0 Å². The van der Waals surface area contributed by atoms with Crippen LogP contribution in [0.25, 0.3) is 0 Å². The van der Waals surface area contributed by atoms with Crippen molar-refractivity contribution >= 4 is 5.97 Å². The molecule has 1 aromatic carbocycles. The van der Waals surface area contributed by atoms with Crippen molar-refractivity contribution in [3.8, 4) is 0 Å². The number of carboxylic acids is 1. The maximum absolute atomic E-state index is 13.3. The molecular weight excluding hydrogens is 352 g/mol. The van der Waals surface area contributed by atoms with Gasteiger partial charge in [0, 0.05) is 29.2 Å². The van der Waals surface area contributed by atoms with E-state index in [1.165, 1.54) is 12.2 Å². The van der Waals surface area contributed by atoms with Gasteiger partial charge in [0.05, 0.1) is 12.1 Å².